The van der Waals surface area contributed by atoms with Crippen LogP contribution in [0.25, 0.3) is 0 Å². The third-order valence-electron chi connectivity index (χ3n) is 2.70. The number of hydrogen-bond acceptors (Lipinski definition) is 3. The van der Waals surface area contributed by atoms with E-state index in [4.69, 9.17) is 10.5 Å². The molecule has 2 atom stereocenters. The summed E-state index contributed by atoms with van der Waals surface area (Å²) in [4.78, 5) is 11.9. The molecule has 17 heavy (non-hydrogen) atoms. The van der Waals surface area contributed by atoms with Crippen molar-refractivity contribution in [1.82, 2.24) is 5.32 Å². The maximum atomic E-state index is 11.9. The third-order valence-corrected chi connectivity index (χ3v) is 2.70. The Bertz CT molecular complexity index is 217. The molecule has 0 saturated heterocycles. The number of nitrogens with two attached hydrogens (primary N) is 1. The maximum Gasteiger partial charge on any atom is 0.237 e. The molecule has 0 heterocycles. The lowest BCUT2D eigenvalue weighted by Gasteiger charge is -2.24. The first kappa shape index (κ1) is 16.4. The molecule has 0 aliphatic carbocycles. The molecule has 0 aromatic carbocycles. The van der Waals surface area contributed by atoms with Gasteiger partial charge in [-0.25, -0.2) is 0 Å². The summed E-state index contributed by atoms with van der Waals surface area (Å²) in [6, 6.07) is -0.376. The first-order chi connectivity index (χ1) is 7.88. The highest BCUT2D eigenvalue weighted by Crippen LogP contribution is 2.06. The van der Waals surface area contributed by atoms with E-state index in [9.17, 15) is 4.79 Å². The highest BCUT2D eigenvalue weighted by Gasteiger charge is 2.21. The van der Waals surface area contributed by atoms with Gasteiger partial charge in [0.1, 0.15) is 0 Å². The topological polar surface area (TPSA) is 64.3 Å². The Labute approximate surface area is 105 Å². The van der Waals surface area contributed by atoms with Crippen LogP contribution in [-0.2, 0) is 9.53 Å². The molecule has 102 valence electrons. The fourth-order valence-corrected chi connectivity index (χ4v) is 1.55. The zero-order valence-corrected chi connectivity index (χ0v) is 11.8. The number of hydrogen-bond donors (Lipinski definition) is 2. The van der Waals surface area contributed by atoms with E-state index in [1.54, 1.807) is 0 Å². The first-order valence-corrected chi connectivity index (χ1v) is 6.52. The smallest absolute Gasteiger partial charge is 0.237 e. The minimum atomic E-state index is -0.419. The monoisotopic (exact) mass is 244 g/mol. The van der Waals surface area contributed by atoms with Gasteiger partial charge in [0.2, 0.25) is 5.91 Å². The van der Waals surface area contributed by atoms with Crippen LogP contribution in [0.1, 0.15) is 41.0 Å². The molecule has 0 bridgehead atoms. The van der Waals surface area contributed by atoms with Gasteiger partial charge in [0, 0.05) is 6.61 Å². The van der Waals surface area contributed by atoms with Crippen LogP contribution >= 0.6 is 0 Å². The van der Waals surface area contributed by atoms with Crippen LogP contribution in [0.15, 0.2) is 0 Å². The van der Waals surface area contributed by atoms with E-state index >= 15 is 0 Å². The van der Waals surface area contributed by atoms with Gasteiger partial charge in [0.25, 0.3) is 0 Å². The summed E-state index contributed by atoms with van der Waals surface area (Å²) in [5, 5.41) is 2.97. The van der Waals surface area contributed by atoms with Crippen LogP contribution in [0.3, 0.4) is 0 Å². The molecule has 1 amide bonds. The van der Waals surface area contributed by atoms with Gasteiger partial charge < -0.3 is 15.8 Å². The van der Waals surface area contributed by atoms with Crippen LogP contribution in [0.5, 0.6) is 0 Å². The summed E-state index contributed by atoms with van der Waals surface area (Å²) in [6.07, 6.45) is 0.714. The van der Waals surface area contributed by atoms with E-state index in [0.29, 0.717) is 31.5 Å². The van der Waals surface area contributed by atoms with Crippen LogP contribution in [0, 0.1) is 11.8 Å². The van der Waals surface area contributed by atoms with Crippen LogP contribution in [0.2, 0.25) is 0 Å². The zero-order valence-electron chi connectivity index (χ0n) is 11.8. The molecule has 0 aliphatic heterocycles. The molecule has 0 spiro atoms. The zero-order chi connectivity index (χ0) is 13.4. The summed E-state index contributed by atoms with van der Waals surface area (Å²) in [6.45, 7) is 11.4. The number of amides is 1. The summed E-state index contributed by atoms with van der Waals surface area (Å²) in [5.41, 5.74) is 5.84. The van der Waals surface area contributed by atoms with Gasteiger partial charge >= 0.3 is 0 Å². The lowest BCUT2D eigenvalue weighted by molar-refractivity contribution is -0.124. The highest BCUT2D eigenvalue weighted by molar-refractivity contribution is 5.81. The van der Waals surface area contributed by atoms with Crippen molar-refractivity contribution >= 4 is 5.91 Å². The first-order valence-electron chi connectivity index (χ1n) is 6.52. The molecule has 4 heteroatoms. The van der Waals surface area contributed by atoms with E-state index in [-0.39, 0.29) is 11.9 Å². The fraction of sp³-hybridized carbons (Fsp3) is 0.923. The van der Waals surface area contributed by atoms with Crippen molar-refractivity contribution in [3.8, 4) is 0 Å². The summed E-state index contributed by atoms with van der Waals surface area (Å²) in [7, 11) is 0. The molecular weight excluding hydrogens is 216 g/mol. The summed E-state index contributed by atoms with van der Waals surface area (Å²) >= 11 is 0. The van der Waals surface area contributed by atoms with Crippen molar-refractivity contribution in [2.45, 2.75) is 53.1 Å². The molecule has 0 fully saturated rings. The largest absolute Gasteiger partial charge is 0.380 e. The number of rotatable bonds is 8. The van der Waals surface area contributed by atoms with E-state index < -0.39 is 6.04 Å². The molecule has 1 unspecified atom stereocenters. The summed E-state index contributed by atoms with van der Waals surface area (Å²) < 4.78 is 5.36. The average molecular weight is 244 g/mol. The van der Waals surface area contributed by atoms with Gasteiger partial charge in [-0.15, -0.1) is 0 Å². The lowest BCUT2D eigenvalue weighted by atomic mass is 10.0. The van der Waals surface area contributed by atoms with Crippen molar-refractivity contribution in [1.29, 1.82) is 0 Å². The Morgan fingerprint density at radius 3 is 2.29 bits per heavy atom. The van der Waals surface area contributed by atoms with Gasteiger partial charge in [-0.05, 0) is 25.2 Å². The second-order valence-corrected chi connectivity index (χ2v) is 5.25. The van der Waals surface area contributed by atoms with E-state index in [1.165, 1.54) is 0 Å². The Balaban J connectivity index is 4.19. The Morgan fingerprint density at radius 1 is 1.29 bits per heavy atom. The normalized spacial score (nSPS) is 15.1. The van der Waals surface area contributed by atoms with Crippen molar-refractivity contribution in [2.24, 2.45) is 17.6 Å². The van der Waals surface area contributed by atoms with Crippen molar-refractivity contribution in [3.63, 3.8) is 0 Å². The van der Waals surface area contributed by atoms with Crippen molar-refractivity contribution < 1.29 is 9.53 Å². The predicted octanol–water partition coefficient (Wildman–Crippen LogP) is 1.54. The van der Waals surface area contributed by atoms with Crippen LogP contribution in [0.4, 0.5) is 0 Å². The van der Waals surface area contributed by atoms with E-state index in [0.717, 1.165) is 0 Å². The predicted molar refractivity (Wildman–Crippen MR) is 70.7 cm³/mol. The second kappa shape index (κ2) is 8.48. The van der Waals surface area contributed by atoms with E-state index in [1.807, 2.05) is 6.92 Å². The van der Waals surface area contributed by atoms with Crippen LogP contribution < -0.4 is 11.1 Å². The molecule has 0 radical (unpaired) electrons. The molecule has 0 aromatic rings. The SMILES string of the molecule is CCOCC(NC(=O)[C@@H](N)CC(C)C)C(C)C. The molecule has 3 N–H and O–H groups in total. The minimum absolute atomic E-state index is 0.0423. The van der Waals surface area contributed by atoms with Gasteiger partial charge in [0.05, 0.1) is 18.7 Å². The fourth-order valence-electron chi connectivity index (χ4n) is 1.55. The highest BCUT2D eigenvalue weighted by atomic mass is 16.5. The third kappa shape index (κ3) is 7.34. The quantitative estimate of drug-likeness (QED) is 0.680. The molecule has 0 saturated carbocycles. The van der Waals surface area contributed by atoms with E-state index in [2.05, 4.69) is 33.0 Å². The van der Waals surface area contributed by atoms with Gasteiger partial charge in [0.15, 0.2) is 0 Å². The average Bonchev–Trinajstić information content (AvgIpc) is 2.22. The number of ether oxygens (including phenoxy) is 1. The van der Waals surface area contributed by atoms with Gasteiger partial charge in [-0.1, -0.05) is 27.7 Å². The standard InChI is InChI=1S/C13H28N2O2/c1-6-17-8-12(10(4)5)15-13(16)11(14)7-9(2)3/h9-12H,6-8,14H2,1-5H3,(H,15,16)/t11-,12?/m0/s1. The number of carbonyl (C=O) groups is 1. The lowest BCUT2D eigenvalue weighted by Crippen LogP contribution is -2.49. The Kier molecular flexibility index (Phi) is 8.17. The molecule has 0 rings (SSSR count). The van der Waals surface area contributed by atoms with Gasteiger partial charge in [-0.2, -0.15) is 0 Å². The Hall–Kier alpha value is -0.610. The second-order valence-electron chi connectivity index (χ2n) is 5.25. The maximum absolute atomic E-state index is 11.9. The molecule has 4 nitrogen and oxygen atoms in total. The van der Waals surface area contributed by atoms with Gasteiger partial charge in [-0.3, -0.25) is 4.79 Å². The van der Waals surface area contributed by atoms with Crippen LogP contribution in [-0.4, -0.2) is 31.2 Å². The molecular formula is C13H28N2O2. The number of carbonyl (C=O) groups excluding carboxylic acids is 1. The Morgan fingerprint density at radius 2 is 1.88 bits per heavy atom. The molecule has 0 aliphatic rings. The minimum Gasteiger partial charge on any atom is -0.380 e. The van der Waals surface area contributed by atoms with Crippen molar-refractivity contribution in [3.05, 3.63) is 0 Å². The molecule has 0 aromatic heterocycles. The number of nitrogens with one attached hydrogen (secondary N) is 1. The summed E-state index contributed by atoms with van der Waals surface area (Å²) in [5.74, 6) is 0.703. The van der Waals surface area contributed by atoms with Crippen molar-refractivity contribution in [2.75, 3.05) is 13.2 Å².